The van der Waals surface area contributed by atoms with Crippen LogP contribution in [0.15, 0.2) is 0 Å². The molecule has 0 aromatic heterocycles. The van der Waals surface area contributed by atoms with E-state index in [4.69, 9.17) is 10.8 Å². The molecule has 1 aliphatic rings. The zero-order chi connectivity index (χ0) is 12.0. The van der Waals surface area contributed by atoms with Crippen molar-refractivity contribution in [3.63, 3.8) is 0 Å². The van der Waals surface area contributed by atoms with E-state index in [-0.39, 0.29) is 12.1 Å². The van der Waals surface area contributed by atoms with Gasteiger partial charge in [-0.1, -0.05) is 26.7 Å². The molecule has 16 heavy (non-hydrogen) atoms. The number of hydrogen-bond donors (Lipinski definition) is 3. The Balaban J connectivity index is 2.50. The summed E-state index contributed by atoms with van der Waals surface area (Å²) in [6.07, 6.45) is 6.27. The van der Waals surface area contributed by atoms with Gasteiger partial charge in [-0.2, -0.15) is 0 Å². The van der Waals surface area contributed by atoms with Gasteiger partial charge in [0, 0.05) is 18.6 Å². The normalized spacial score (nSPS) is 30.9. The lowest BCUT2D eigenvalue weighted by atomic mass is 9.73. The second kappa shape index (κ2) is 6.58. The molecule has 96 valence electrons. The predicted octanol–water partition coefficient (Wildman–Crippen LogP) is 1.50. The summed E-state index contributed by atoms with van der Waals surface area (Å²) in [7, 11) is 0. The number of β-amino-alcohol motifs (C(OH)–C–C–N with tert-alkyl or cyclic N) is 1. The van der Waals surface area contributed by atoms with Crippen LogP contribution in [0.5, 0.6) is 0 Å². The molecule has 2 unspecified atom stereocenters. The average molecular weight is 228 g/mol. The molecule has 0 saturated heterocycles. The summed E-state index contributed by atoms with van der Waals surface area (Å²) in [4.78, 5) is 0. The second-order valence-electron chi connectivity index (χ2n) is 5.73. The van der Waals surface area contributed by atoms with Crippen molar-refractivity contribution in [1.29, 1.82) is 0 Å². The molecule has 3 nitrogen and oxygen atoms in total. The molecule has 0 spiro atoms. The lowest BCUT2D eigenvalue weighted by molar-refractivity contribution is 0.157. The fraction of sp³-hybridized carbons (Fsp3) is 1.00. The number of aliphatic hydroxyl groups is 1. The molecular formula is C13H28N2O. The molecular weight excluding hydrogens is 200 g/mol. The van der Waals surface area contributed by atoms with Crippen molar-refractivity contribution in [2.45, 2.75) is 51.5 Å². The first kappa shape index (κ1) is 13.9. The molecule has 0 aliphatic heterocycles. The van der Waals surface area contributed by atoms with E-state index in [1.54, 1.807) is 0 Å². The van der Waals surface area contributed by atoms with E-state index in [1.165, 1.54) is 25.7 Å². The minimum Gasteiger partial charge on any atom is -0.395 e. The van der Waals surface area contributed by atoms with Crippen molar-refractivity contribution < 1.29 is 5.11 Å². The Kier molecular flexibility index (Phi) is 5.73. The molecule has 3 heteroatoms. The zero-order valence-electron chi connectivity index (χ0n) is 10.8. The molecule has 4 N–H and O–H groups in total. The molecule has 1 aliphatic carbocycles. The molecule has 0 bridgehead atoms. The Labute approximate surface area is 99.8 Å². The van der Waals surface area contributed by atoms with Crippen LogP contribution in [-0.2, 0) is 0 Å². The first-order valence-corrected chi connectivity index (χ1v) is 6.68. The van der Waals surface area contributed by atoms with Gasteiger partial charge < -0.3 is 16.2 Å². The van der Waals surface area contributed by atoms with Crippen molar-refractivity contribution >= 4 is 0 Å². The highest BCUT2D eigenvalue weighted by atomic mass is 16.3. The fourth-order valence-electron chi connectivity index (χ4n) is 3.09. The fourth-order valence-corrected chi connectivity index (χ4v) is 3.09. The van der Waals surface area contributed by atoms with Gasteiger partial charge in [-0.3, -0.25) is 0 Å². The summed E-state index contributed by atoms with van der Waals surface area (Å²) >= 11 is 0. The Morgan fingerprint density at radius 3 is 2.81 bits per heavy atom. The molecule has 0 aromatic rings. The van der Waals surface area contributed by atoms with Gasteiger partial charge in [0.15, 0.2) is 0 Å². The molecule has 1 fully saturated rings. The Morgan fingerprint density at radius 1 is 1.50 bits per heavy atom. The number of aliphatic hydroxyl groups excluding tert-OH is 1. The summed E-state index contributed by atoms with van der Waals surface area (Å²) < 4.78 is 0. The summed E-state index contributed by atoms with van der Waals surface area (Å²) in [6, 6.07) is 0. The highest BCUT2D eigenvalue weighted by molar-refractivity contribution is 4.94. The van der Waals surface area contributed by atoms with Gasteiger partial charge in [0.05, 0.1) is 6.61 Å². The van der Waals surface area contributed by atoms with Crippen molar-refractivity contribution in [3.05, 3.63) is 0 Å². The Morgan fingerprint density at radius 2 is 2.25 bits per heavy atom. The van der Waals surface area contributed by atoms with E-state index in [0.717, 1.165) is 18.3 Å². The third kappa shape index (κ3) is 4.04. The summed E-state index contributed by atoms with van der Waals surface area (Å²) in [5, 5.41) is 12.4. The minimum absolute atomic E-state index is 0.0978. The van der Waals surface area contributed by atoms with Crippen LogP contribution in [0.2, 0.25) is 0 Å². The first-order valence-electron chi connectivity index (χ1n) is 6.68. The number of hydrogen-bond acceptors (Lipinski definition) is 3. The lowest BCUT2D eigenvalue weighted by Crippen LogP contribution is -2.54. The second-order valence-corrected chi connectivity index (χ2v) is 5.73. The van der Waals surface area contributed by atoms with Gasteiger partial charge in [0.2, 0.25) is 0 Å². The van der Waals surface area contributed by atoms with E-state index >= 15 is 0 Å². The first-order chi connectivity index (χ1) is 7.62. The van der Waals surface area contributed by atoms with Crippen LogP contribution in [0.25, 0.3) is 0 Å². The predicted molar refractivity (Wildman–Crippen MR) is 68.3 cm³/mol. The highest BCUT2D eigenvalue weighted by Gasteiger charge is 2.34. The maximum absolute atomic E-state index is 8.91. The Hall–Kier alpha value is -0.120. The quantitative estimate of drug-likeness (QED) is 0.646. The van der Waals surface area contributed by atoms with Crippen molar-refractivity contribution in [2.75, 3.05) is 19.7 Å². The van der Waals surface area contributed by atoms with Crippen LogP contribution in [0, 0.1) is 11.8 Å². The maximum Gasteiger partial charge on any atom is 0.0556 e. The Bertz CT molecular complexity index is 196. The van der Waals surface area contributed by atoms with Gasteiger partial charge in [0.1, 0.15) is 0 Å². The minimum atomic E-state index is 0.0978. The molecule has 1 saturated carbocycles. The molecule has 0 amide bonds. The van der Waals surface area contributed by atoms with Gasteiger partial charge in [0.25, 0.3) is 0 Å². The van der Waals surface area contributed by atoms with Gasteiger partial charge in [-0.15, -0.1) is 0 Å². The van der Waals surface area contributed by atoms with Crippen molar-refractivity contribution in [3.8, 4) is 0 Å². The van der Waals surface area contributed by atoms with Gasteiger partial charge in [-0.25, -0.2) is 0 Å². The van der Waals surface area contributed by atoms with E-state index in [1.807, 2.05) is 0 Å². The van der Waals surface area contributed by atoms with Gasteiger partial charge >= 0.3 is 0 Å². The van der Waals surface area contributed by atoms with Crippen LogP contribution in [-0.4, -0.2) is 30.3 Å². The van der Waals surface area contributed by atoms with E-state index in [9.17, 15) is 0 Å². The zero-order valence-corrected chi connectivity index (χ0v) is 10.8. The summed E-state index contributed by atoms with van der Waals surface area (Å²) in [5.41, 5.74) is 6.03. The number of rotatable bonds is 6. The third-order valence-corrected chi connectivity index (χ3v) is 3.75. The van der Waals surface area contributed by atoms with E-state index < -0.39 is 0 Å². The largest absolute Gasteiger partial charge is 0.395 e. The smallest absolute Gasteiger partial charge is 0.0556 e. The number of nitrogens with two attached hydrogens (primary N) is 1. The van der Waals surface area contributed by atoms with E-state index in [2.05, 4.69) is 19.2 Å². The molecule has 0 heterocycles. The standard InChI is InChI=1S/C13H28N2O/c1-11(2)8-12-4-3-5-13(9-12,10-14)15-6-7-16/h11-12,15-16H,3-10,14H2,1-2H3. The van der Waals surface area contributed by atoms with Crippen molar-refractivity contribution in [1.82, 2.24) is 5.32 Å². The van der Waals surface area contributed by atoms with Crippen LogP contribution >= 0.6 is 0 Å². The molecule has 2 atom stereocenters. The molecule has 0 radical (unpaired) electrons. The highest BCUT2D eigenvalue weighted by Crippen LogP contribution is 2.35. The third-order valence-electron chi connectivity index (χ3n) is 3.75. The van der Waals surface area contributed by atoms with Crippen LogP contribution in [0.4, 0.5) is 0 Å². The lowest BCUT2D eigenvalue weighted by Gasteiger charge is -2.41. The molecule has 0 aromatic carbocycles. The molecule has 1 rings (SSSR count). The SMILES string of the molecule is CC(C)CC1CCCC(CN)(NCCO)C1. The summed E-state index contributed by atoms with van der Waals surface area (Å²) in [6.45, 7) is 6.16. The van der Waals surface area contributed by atoms with Crippen LogP contribution < -0.4 is 11.1 Å². The van der Waals surface area contributed by atoms with Crippen molar-refractivity contribution in [2.24, 2.45) is 17.6 Å². The number of nitrogens with one attached hydrogen (secondary N) is 1. The maximum atomic E-state index is 8.91. The van der Waals surface area contributed by atoms with E-state index in [0.29, 0.717) is 13.1 Å². The van der Waals surface area contributed by atoms with Crippen LogP contribution in [0.3, 0.4) is 0 Å². The topological polar surface area (TPSA) is 58.3 Å². The van der Waals surface area contributed by atoms with Gasteiger partial charge in [-0.05, 0) is 31.1 Å². The monoisotopic (exact) mass is 228 g/mol. The van der Waals surface area contributed by atoms with Crippen LogP contribution in [0.1, 0.15) is 46.0 Å². The summed E-state index contributed by atoms with van der Waals surface area (Å²) in [5.74, 6) is 1.58. The average Bonchev–Trinajstić information content (AvgIpc) is 2.26.